The Bertz CT molecular complexity index is 494. The van der Waals surface area contributed by atoms with E-state index < -0.39 is 11.4 Å². The van der Waals surface area contributed by atoms with Crippen LogP contribution in [-0.4, -0.2) is 24.0 Å². The maximum Gasteiger partial charge on any atom is 0.310 e. The van der Waals surface area contributed by atoms with Crippen LogP contribution in [0.5, 0.6) is 0 Å². The number of anilines is 1. The molecule has 102 valence electrons. The molecule has 2 rings (SSSR count). The molecule has 0 spiro atoms. The van der Waals surface area contributed by atoms with Crippen LogP contribution in [0.4, 0.5) is 10.1 Å². The zero-order valence-electron chi connectivity index (χ0n) is 10.7. The number of carboxylic acids is 1. The first-order valence-electron chi connectivity index (χ1n) is 6.20. The largest absolute Gasteiger partial charge is 0.481 e. The lowest BCUT2D eigenvalue weighted by molar-refractivity contribution is -0.157. The van der Waals surface area contributed by atoms with Gasteiger partial charge in [0.1, 0.15) is 5.82 Å². The van der Waals surface area contributed by atoms with E-state index in [9.17, 15) is 19.1 Å². The van der Waals surface area contributed by atoms with Crippen molar-refractivity contribution in [3.8, 4) is 0 Å². The smallest absolute Gasteiger partial charge is 0.310 e. The van der Waals surface area contributed by atoms with Crippen LogP contribution in [0, 0.1) is 11.2 Å². The van der Waals surface area contributed by atoms with Gasteiger partial charge in [-0.25, -0.2) is 4.39 Å². The lowest BCUT2D eigenvalue weighted by Crippen LogP contribution is -2.43. The third kappa shape index (κ3) is 2.59. The first-order valence-corrected chi connectivity index (χ1v) is 6.20. The first kappa shape index (κ1) is 13.5. The molecule has 0 aromatic heterocycles. The summed E-state index contributed by atoms with van der Waals surface area (Å²) in [6, 6.07) is 5.55. The van der Waals surface area contributed by atoms with Crippen molar-refractivity contribution in [2.75, 3.05) is 11.9 Å². The summed E-state index contributed by atoms with van der Waals surface area (Å²) in [5, 5.41) is 9.20. The van der Waals surface area contributed by atoms with Gasteiger partial charge in [0.25, 0.3) is 0 Å². The molecule has 0 unspecified atom stereocenters. The fourth-order valence-corrected chi connectivity index (χ4v) is 2.29. The van der Waals surface area contributed by atoms with E-state index in [2.05, 4.69) is 0 Å². The molecule has 1 amide bonds. The van der Waals surface area contributed by atoms with Crippen molar-refractivity contribution in [3.63, 3.8) is 0 Å². The Morgan fingerprint density at radius 1 is 1.32 bits per heavy atom. The topological polar surface area (TPSA) is 57.6 Å². The highest BCUT2D eigenvalue weighted by molar-refractivity contribution is 5.96. The summed E-state index contributed by atoms with van der Waals surface area (Å²) in [5.74, 6) is -1.53. The van der Waals surface area contributed by atoms with E-state index in [1.807, 2.05) is 0 Å². The zero-order chi connectivity index (χ0) is 14.0. The molecule has 1 aromatic rings. The average Bonchev–Trinajstić information content (AvgIpc) is 2.33. The molecule has 0 atom stereocenters. The van der Waals surface area contributed by atoms with Crippen LogP contribution < -0.4 is 4.90 Å². The van der Waals surface area contributed by atoms with E-state index in [0.717, 1.165) is 6.42 Å². The lowest BCUT2D eigenvalue weighted by atomic mass is 9.66. The Morgan fingerprint density at radius 3 is 2.32 bits per heavy atom. The van der Waals surface area contributed by atoms with Crippen molar-refractivity contribution in [1.82, 2.24) is 0 Å². The van der Waals surface area contributed by atoms with E-state index in [1.165, 1.54) is 29.2 Å². The van der Waals surface area contributed by atoms with E-state index >= 15 is 0 Å². The summed E-state index contributed by atoms with van der Waals surface area (Å²) in [6.07, 6.45) is 1.94. The predicted molar refractivity (Wildman–Crippen MR) is 68.3 cm³/mol. The van der Waals surface area contributed by atoms with Gasteiger partial charge < -0.3 is 10.0 Å². The van der Waals surface area contributed by atoms with E-state index in [0.29, 0.717) is 18.5 Å². The number of aliphatic carboxylic acids is 1. The molecule has 0 bridgehead atoms. The van der Waals surface area contributed by atoms with Crippen LogP contribution in [0.25, 0.3) is 0 Å². The van der Waals surface area contributed by atoms with Gasteiger partial charge in [-0.1, -0.05) is 6.42 Å². The number of amides is 1. The highest BCUT2D eigenvalue weighted by Crippen LogP contribution is 2.44. The summed E-state index contributed by atoms with van der Waals surface area (Å²) in [6.45, 7) is 0. The van der Waals surface area contributed by atoms with Gasteiger partial charge in [0.2, 0.25) is 5.91 Å². The highest BCUT2D eigenvalue weighted by Gasteiger charge is 2.46. The van der Waals surface area contributed by atoms with Gasteiger partial charge in [-0.3, -0.25) is 9.59 Å². The van der Waals surface area contributed by atoms with Gasteiger partial charge in [-0.2, -0.15) is 0 Å². The number of hydrogen-bond donors (Lipinski definition) is 1. The number of hydrogen-bond acceptors (Lipinski definition) is 2. The summed E-state index contributed by atoms with van der Waals surface area (Å²) >= 11 is 0. The SMILES string of the molecule is CN(C(=O)CC1(C(=O)O)CCC1)c1ccc(F)cc1. The molecule has 0 heterocycles. The van der Waals surface area contributed by atoms with Crippen LogP contribution in [0.3, 0.4) is 0 Å². The number of carbonyl (C=O) groups excluding carboxylic acids is 1. The number of halogens is 1. The van der Waals surface area contributed by atoms with Gasteiger partial charge in [0.05, 0.1) is 5.41 Å². The summed E-state index contributed by atoms with van der Waals surface area (Å²) in [4.78, 5) is 24.7. The maximum absolute atomic E-state index is 12.8. The highest BCUT2D eigenvalue weighted by atomic mass is 19.1. The Morgan fingerprint density at radius 2 is 1.89 bits per heavy atom. The van der Waals surface area contributed by atoms with Crippen molar-refractivity contribution in [1.29, 1.82) is 0 Å². The van der Waals surface area contributed by atoms with Gasteiger partial charge in [-0.15, -0.1) is 0 Å². The molecule has 1 saturated carbocycles. The quantitative estimate of drug-likeness (QED) is 0.909. The number of nitrogens with zero attached hydrogens (tertiary/aromatic N) is 1. The van der Waals surface area contributed by atoms with Crippen molar-refractivity contribution in [3.05, 3.63) is 30.1 Å². The fraction of sp³-hybridized carbons (Fsp3) is 0.429. The third-order valence-corrected chi connectivity index (χ3v) is 3.84. The molecule has 1 fully saturated rings. The molecule has 1 N–H and O–H groups in total. The standard InChI is InChI=1S/C14H16FNO3/c1-16(11-5-3-10(15)4-6-11)12(17)9-14(13(18)19)7-2-8-14/h3-6H,2,7-9H2,1H3,(H,18,19). The van der Waals surface area contributed by atoms with Gasteiger partial charge >= 0.3 is 5.97 Å². The van der Waals surface area contributed by atoms with Crippen LogP contribution in [0.2, 0.25) is 0 Å². The summed E-state index contributed by atoms with van der Waals surface area (Å²) in [5.41, 5.74) is -0.336. The minimum absolute atomic E-state index is 0.00376. The Labute approximate surface area is 110 Å². The average molecular weight is 265 g/mol. The second-order valence-electron chi connectivity index (χ2n) is 5.04. The molecule has 1 aromatic carbocycles. The van der Waals surface area contributed by atoms with Crippen molar-refractivity contribution in [2.45, 2.75) is 25.7 Å². The van der Waals surface area contributed by atoms with Crippen LogP contribution in [0.1, 0.15) is 25.7 Å². The normalized spacial score (nSPS) is 16.5. The molecule has 0 aliphatic heterocycles. The Balaban J connectivity index is 2.07. The van der Waals surface area contributed by atoms with Crippen molar-refractivity contribution in [2.24, 2.45) is 5.41 Å². The third-order valence-electron chi connectivity index (χ3n) is 3.84. The first-order chi connectivity index (χ1) is 8.94. The van der Waals surface area contributed by atoms with Crippen molar-refractivity contribution >= 4 is 17.6 Å². The molecule has 4 nitrogen and oxygen atoms in total. The monoisotopic (exact) mass is 265 g/mol. The Hall–Kier alpha value is -1.91. The lowest BCUT2D eigenvalue weighted by Gasteiger charge is -2.37. The summed E-state index contributed by atoms with van der Waals surface area (Å²) < 4.78 is 12.8. The van der Waals surface area contributed by atoms with Crippen molar-refractivity contribution < 1.29 is 19.1 Å². The summed E-state index contributed by atoms with van der Waals surface area (Å²) in [7, 11) is 1.57. The number of carboxylic acid groups (broad SMARTS) is 1. The number of carbonyl (C=O) groups is 2. The van der Waals surface area contributed by atoms with E-state index in [-0.39, 0.29) is 18.1 Å². The second kappa shape index (κ2) is 4.99. The van der Waals surface area contributed by atoms with Gasteiger partial charge in [-0.05, 0) is 37.1 Å². The van der Waals surface area contributed by atoms with Gasteiger partial charge in [0, 0.05) is 19.2 Å². The molecular formula is C14H16FNO3. The van der Waals surface area contributed by atoms with Gasteiger partial charge in [0.15, 0.2) is 0 Å². The van der Waals surface area contributed by atoms with Crippen LogP contribution >= 0.6 is 0 Å². The number of rotatable bonds is 4. The fourth-order valence-electron chi connectivity index (χ4n) is 2.29. The Kier molecular flexibility index (Phi) is 3.55. The molecule has 0 radical (unpaired) electrons. The molecule has 1 aliphatic carbocycles. The van der Waals surface area contributed by atoms with Crippen LogP contribution in [-0.2, 0) is 9.59 Å². The maximum atomic E-state index is 12.8. The number of benzene rings is 1. The minimum Gasteiger partial charge on any atom is -0.481 e. The molecule has 0 saturated heterocycles. The predicted octanol–water partition coefficient (Wildman–Crippen LogP) is 2.43. The van der Waals surface area contributed by atoms with E-state index in [4.69, 9.17) is 0 Å². The van der Waals surface area contributed by atoms with Crippen LogP contribution in [0.15, 0.2) is 24.3 Å². The van der Waals surface area contributed by atoms with E-state index in [1.54, 1.807) is 7.05 Å². The minimum atomic E-state index is -0.903. The second-order valence-corrected chi connectivity index (χ2v) is 5.04. The molecular weight excluding hydrogens is 249 g/mol. The molecule has 1 aliphatic rings. The zero-order valence-corrected chi connectivity index (χ0v) is 10.7. The molecule has 19 heavy (non-hydrogen) atoms. The molecule has 5 heteroatoms.